The molecule has 3 rings (SSSR count). The molecule has 1 aliphatic carbocycles. The Hall–Kier alpha value is -2.26. The number of methoxy groups -OCH3 is 1. The number of ether oxygens (including phenoxy) is 1. The summed E-state index contributed by atoms with van der Waals surface area (Å²) < 4.78 is 5.22. The van der Waals surface area contributed by atoms with Gasteiger partial charge in [0.05, 0.1) is 23.9 Å². The lowest BCUT2D eigenvalue weighted by atomic mass is 9.86. The molecular weight excluding hydrogens is 346 g/mol. The van der Waals surface area contributed by atoms with Gasteiger partial charge in [-0.2, -0.15) is 5.26 Å². The second-order valence-electron chi connectivity index (χ2n) is 6.74. The van der Waals surface area contributed by atoms with Crippen LogP contribution in [0.15, 0.2) is 29.3 Å². The molecule has 1 amide bonds. The smallest absolute Gasteiger partial charge is 0.230 e. The second-order valence-corrected chi connectivity index (χ2v) is 7.70. The zero-order chi connectivity index (χ0) is 18.5. The SMILES string of the molecule is COc1ccc2nc(SCC(=O)NC3CCCCC3C)c(C#N)cc2c1. The molecule has 0 bridgehead atoms. The van der Waals surface area contributed by atoms with E-state index < -0.39 is 0 Å². The quantitative estimate of drug-likeness (QED) is 0.809. The highest BCUT2D eigenvalue weighted by molar-refractivity contribution is 8.00. The van der Waals surface area contributed by atoms with Crippen molar-refractivity contribution in [3.05, 3.63) is 29.8 Å². The molecule has 1 heterocycles. The van der Waals surface area contributed by atoms with Crippen LogP contribution < -0.4 is 10.1 Å². The Morgan fingerprint density at radius 1 is 1.38 bits per heavy atom. The van der Waals surface area contributed by atoms with E-state index in [-0.39, 0.29) is 17.7 Å². The lowest BCUT2D eigenvalue weighted by Crippen LogP contribution is -2.41. The Bertz CT molecular complexity index is 847. The number of nitrogens with one attached hydrogen (secondary N) is 1. The molecule has 136 valence electrons. The van der Waals surface area contributed by atoms with E-state index in [4.69, 9.17) is 4.74 Å². The molecule has 0 radical (unpaired) electrons. The van der Waals surface area contributed by atoms with Crippen LogP contribution in [-0.4, -0.2) is 29.8 Å². The first kappa shape index (κ1) is 18.5. The fraction of sp³-hybridized carbons (Fsp3) is 0.450. The molecule has 6 heteroatoms. The number of hydrogen-bond donors (Lipinski definition) is 1. The van der Waals surface area contributed by atoms with Gasteiger partial charge in [0.1, 0.15) is 16.8 Å². The first-order valence-electron chi connectivity index (χ1n) is 8.91. The van der Waals surface area contributed by atoms with Crippen molar-refractivity contribution in [1.82, 2.24) is 10.3 Å². The largest absolute Gasteiger partial charge is 0.497 e. The minimum Gasteiger partial charge on any atom is -0.497 e. The molecule has 0 aliphatic heterocycles. The summed E-state index contributed by atoms with van der Waals surface area (Å²) in [5, 5.41) is 14.0. The molecule has 1 N–H and O–H groups in total. The average molecular weight is 369 g/mol. The number of fused-ring (bicyclic) bond motifs is 1. The summed E-state index contributed by atoms with van der Waals surface area (Å²) in [4.78, 5) is 16.9. The van der Waals surface area contributed by atoms with Gasteiger partial charge in [-0.25, -0.2) is 4.98 Å². The van der Waals surface area contributed by atoms with Gasteiger partial charge in [-0.1, -0.05) is 31.5 Å². The summed E-state index contributed by atoms with van der Waals surface area (Å²) in [6.45, 7) is 2.20. The van der Waals surface area contributed by atoms with Crippen LogP contribution in [0.2, 0.25) is 0 Å². The Morgan fingerprint density at radius 3 is 2.92 bits per heavy atom. The standard InChI is InChI=1S/C20H23N3O2S/c1-13-5-3-4-6-17(13)22-19(24)12-26-20-15(11-21)9-14-10-16(25-2)7-8-18(14)23-20/h7-10,13,17H,3-6,12H2,1-2H3,(H,22,24). The van der Waals surface area contributed by atoms with Gasteiger partial charge in [-0.15, -0.1) is 0 Å². The van der Waals surface area contributed by atoms with Crippen molar-refractivity contribution in [2.45, 2.75) is 43.7 Å². The molecule has 5 nitrogen and oxygen atoms in total. The minimum atomic E-state index is 0.00858. The van der Waals surface area contributed by atoms with Crippen LogP contribution in [0, 0.1) is 17.2 Å². The molecule has 1 aliphatic rings. The van der Waals surface area contributed by atoms with Crippen molar-refractivity contribution in [3.8, 4) is 11.8 Å². The van der Waals surface area contributed by atoms with E-state index in [9.17, 15) is 10.1 Å². The molecule has 2 atom stereocenters. The van der Waals surface area contributed by atoms with Gasteiger partial charge in [0.15, 0.2) is 0 Å². The molecule has 1 fully saturated rings. The second kappa shape index (κ2) is 8.41. The Balaban J connectivity index is 1.69. The van der Waals surface area contributed by atoms with Crippen LogP contribution in [0.3, 0.4) is 0 Å². The highest BCUT2D eigenvalue weighted by Crippen LogP contribution is 2.27. The minimum absolute atomic E-state index is 0.00858. The van der Waals surface area contributed by atoms with Crippen molar-refractivity contribution in [2.75, 3.05) is 12.9 Å². The van der Waals surface area contributed by atoms with Gasteiger partial charge in [0.2, 0.25) is 5.91 Å². The number of hydrogen-bond acceptors (Lipinski definition) is 5. The predicted octanol–water partition coefficient (Wildman–Crippen LogP) is 3.90. The van der Waals surface area contributed by atoms with Crippen LogP contribution >= 0.6 is 11.8 Å². The van der Waals surface area contributed by atoms with E-state index in [2.05, 4.69) is 23.3 Å². The molecule has 2 unspecified atom stereocenters. The summed E-state index contributed by atoms with van der Waals surface area (Å²) in [6.07, 6.45) is 4.65. The van der Waals surface area contributed by atoms with E-state index in [1.807, 2.05) is 18.2 Å². The maximum atomic E-state index is 12.3. The highest BCUT2D eigenvalue weighted by Gasteiger charge is 2.23. The Labute approximate surface area is 158 Å². The number of amides is 1. The lowest BCUT2D eigenvalue weighted by molar-refractivity contribution is -0.119. The number of pyridine rings is 1. The number of nitriles is 1. The molecular formula is C20H23N3O2S. The van der Waals surface area contributed by atoms with Crippen molar-refractivity contribution in [2.24, 2.45) is 5.92 Å². The maximum absolute atomic E-state index is 12.3. The van der Waals surface area contributed by atoms with Crippen LogP contribution in [0.5, 0.6) is 5.75 Å². The van der Waals surface area contributed by atoms with Crippen LogP contribution in [0.4, 0.5) is 0 Å². The molecule has 0 spiro atoms. The number of carbonyl (C=O) groups is 1. The predicted molar refractivity (Wildman–Crippen MR) is 103 cm³/mol. The Kier molecular flexibility index (Phi) is 6.00. The van der Waals surface area contributed by atoms with Gasteiger partial charge in [-0.3, -0.25) is 4.79 Å². The average Bonchev–Trinajstić information content (AvgIpc) is 2.67. The molecule has 1 aromatic carbocycles. The maximum Gasteiger partial charge on any atom is 0.230 e. The zero-order valence-corrected chi connectivity index (χ0v) is 15.9. The molecule has 2 aromatic rings. The fourth-order valence-corrected chi connectivity index (χ4v) is 4.14. The summed E-state index contributed by atoms with van der Waals surface area (Å²) in [6, 6.07) is 9.81. The monoisotopic (exact) mass is 369 g/mol. The van der Waals surface area contributed by atoms with Crippen molar-refractivity contribution in [1.29, 1.82) is 5.26 Å². The van der Waals surface area contributed by atoms with Crippen LogP contribution in [-0.2, 0) is 4.79 Å². The molecule has 1 aromatic heterocycles. The number of rotatable bonds is 5. The van der Waals surface area contributed by atoms with Crippen LogP contribution in [0.25, 0.3) is 10.9 Å². The van der Waals surface area contributed by atoms with Crippen molar-refractivity contribution in [3.63, 3.8) is 0 Å². The van der Waals surface area contributed by atoms with Gasteiger partial charge in [-0.05, 0) is 43.0 Å². The fourth-order valence-electron chi connectivity index (χ4n) is 3.37. The van der Waals surface area contributed by atoms with Crippen LogP contribution in [0.1, 0.15) is 38.2 Å². The number of thioether (sulfide) groups is 1. The topological polar surface area (TPSA) is 75.0 Å². The zero-order valence-electron chi connectivity index (χ0n) is 15.1. The third-order valence-corrected chi connectivity index (χ3v) is 5.90. The van der Waals surface area contributed by atoms with E-state index in [1.165, 1.54) is 31.0 Å². The number of nitrogens with zero attached hydrogens (tertiary/aromatic N) is 2. The van der Waals surface area contributed by atoms with E-state index in [0.717, 1.165) is 23.1 Å². The molecule has 1 saturated carbocycles. The number of benzene rings is 1. The van der Waals surface area contributed by atoms with E-state index >= 15 is 0 Å². The molecule has 26 heavy (non-hydrogen) atoms. The highest BCUT2D eigenvalue weighted by atomic mass is 32.2. The Morgan fingerprint density at radius 2 is 2.19 bits per heavy atom. The molecule has 0 saturated heterocycles. The van der Waals surface area contributed by atoms with Gasteiger partial charge in [0.25, 0.3) is 0 Å². The normalized spacial score (nSPS) is 19.7. The number of carbonyl (C=O) groups excluding carboxylic acids is 1. The van der Waals surface area contributed by atoms with Gasteiger partial charge in [0, 0.05) is 11.4 Å². The number of aromatic nitrogens is 1. The third-order valence-electron chi connectivity index (χ3n) is 4.91. The van der Waals surface area contributed by atoms with E-state index in [1.54, 1.807) is 13.2 Å². The van der Waals surface area contributed by atoms with Crippen molar-refractivity contribution >= 4 is 28.6 Å². The summed E-state index contributed by atoms with van der Waals surface area (Å²) >= 11 is 1.32. The summed E-state index contributed by atoms with van der Waals surface area (Å²) in [7, 11) is 1.61. The van der Waals surface area contributed by atoms with Gasteiger partial charge >= 0.3 is 0 Å². The summed E-state index contributed by atoms with van der Waals surface area (Å²) in [5.41, 5.74) is 1.27. The van der Waals surface area contributed by atoms with Gasteiger partial charge < -0.3 is 10.1 Å². The summed E-state index contributed by atoms with van der Waals surface area (Å²) in [5.74, 6) is 1.53. The lowest BCUT2D eigenvalue weighted by Gasteiger charge is -2.29. The van der Waals surface area contributed by atoms with Crippen molar-refractivity contribution < 1.29 is 9.53 Å². The van der Waals surface area contributed by atoms with E-state index in [0.29, 0.717) is 16.5 Å². The third kappa shape index (κ3) is 4.28. The first-order chi connectivity index (χ1) is 12.6. The first-order valence-corrected chi connectivity index (χ1v) is 9.90.